The van der Waals surface area contributed by atoms with Crippen molar-refractivity contribution in [2.45, 2.75) is 25.5 Å². The van der Waals surface area contributed by atoms with E-state index in [1.807, 2.05) is 7.05 Å². The number of hydrogen-bond acceptors (Lipinski definition) is 4. The predicted octanol–water partition coefficient (Wildman–Crippen LogP) is 2.07. The smallest absolute Gasteiger partial charge is 0.128 e. The number of nitrogens with zero attached hydrogens (tertiary/aromatic N) is 2. The highest BCUT2D eigenvalue weighted by atomic mass is 35.5. The first-order valence-corrected chi connectivity index (χ1v) is 6.69. The lowest BCUT2D eigenvalue weighted by molar-refractivity contribution is 0.0818. The third kappa shape index (κ3) is 3.13. The minimum Gasteiger partial charge on any atom is -0.381 e. The van der Waals surface area contributed by atoms with Gasteiger partial charge in [0.1, 0.15) is 5.82 Å². The van der Waals surface area contributed by atoms with Crippen LogP contribution in [0.1, 0.15) is 18.4 Å². The molecule has 0 atom stereocenters. The lowest BCUT2D eigenvalue weighted by Crippen LogP contribution is -2.37. The summed E-state index contributed by atoms with van der Waals surface area (Å²) < 4.78 is 5.38. The molecule has 4 nitrogen and oxygen atoms in total. The zero-order chi connectivity index (χ0) is 13.0. The highest BCUT2D eigenvalue weighted by molar-refractivity contribution is 6.31. The van der Waals surface area contributed by atoms with E-state index < -0.39 is 0 Å². The van der Waals surface area contributed by atoms with Gasteiger partial charge in [-0.2, -0.15) is 0 Å². The van der Waals surface area contributed by atoms with Crippen LogP contribution >= 0.6 is 11.6 Å². The van der Waals surface area contributed by atoms with E-state index >= 15 is 0 Å². The molecule has 0 radical (unpaired) electrons. The second-order valence-corrected chi connectivity index (χ2v) is 4.99. The van der Waals surface area contributed by atoms with E-state index in [0.29, 0.717) is 6.10 Å². The summed E-state index contributed by atoms with van der Waals surface area (Å²) >= 11 is 6.12. The molecule has 1 saturated heterocycles. The van der Waals surface area contributed by atoms with Gasteiger partial charge in [-0.25, -0.2) is 4.98 Å². The van der Waals surface area contributed by atoms with Crippen molar-refractivity contribution in [3.8, 4) is 0 Å². The Bertz CT molecular complexity index is 392. The quantitative estimate of drug-likeness (QED) is 0.908. The van der Waals surface area contributed by atoms with Gasteiger partial charge >= 0.3 is 0 Å². The molecule has 1 aliphatic heterocycles. The number of methoxy groups -OCH3 is 1. The van der Waals surface area contributed by atoms with E-state index in [4.69, 9.17) is 16.3 Å². The van der Waals surface area contributed by atoms with Gasteiger partial charge < -0.3 is 15.0 Å². The van der Waals surface area contributed by atoms with Gasteiger partial charge in [0.2, 0.25) is 0 Å². The van der Waals surface area contributed by atoms with Crippen LogP contribution in [0.15, 0.2) is 12.3 Å². The van der Waals surface area contributed by atoms with Crippen LogP contribution in [0.5, 0.6) is 0 Å². The third-order valence-corrected chi connectivity index (χ3v) is 3.73. The molecule has 2 heterocycles. The summed E-state index contributed by atoms with van der Waals surface area (Å²) in [5.74, 6) is 1.01. The topological polar surface area (TPSA) is 37.4 Å². The standard InChI is InChI=1S/C13H20ClN3O/c1-15-8-10-7-13(16-9-12(10)14)17-5-3-11(18-2)4-6-17/h7,9,11,15H,3-6,8H2,1-2H3. The van der Waals surface area contributed by atoms with Crippen LogP contribution in [0, 0.1) is 0 Å². The van der Waals surface area contributed by atoms with Crippen LogP contribution in [0.4, 0.5) is 5.82 Å². The molecule has 0 unspecified atom stereocenters. The van der Waals surface area contributed by atoms with Gasteiger partial charge in [-0.3, -0.25) is 0 Å². The Balaban J connectivity index is 2.07. The Morgan fingerprint density at radius 2 is 2.22 bits per heavy atom. The summed E-state index contributed by atoms with van der Waals surface area (Å²) in [6, 6.07) is 2.08. The molecular formula is C13H20ClN3O. The van der Waals surface area contributed by atoms with Crippen molar-refractivity contribution in [1.82, 2.24) is 10.3 Å². The van der Waals surface area contributed by atoms with Gasteiger partial charge in [0.15, 0.2) is 0 Å². The third-order valence-electron chi connectivity index (χ3n) is 3.39. The van der Waals surface area contributed by atoms with E-state index in [1.165, 1.54) is 0 Å². The first-order valence-electron chi connectivity index (χ1n) is 6.31. The van der Waals surface area contributed by atoms with Crippen LogP contribution in [0.2, 0.25) is 5.02 Å². The number of ether oxygens (including phenoxy) is 1. The van der Waals surface area contributed by atoms with Gasteiger partial charge in [-0.15, -0.1) is 0 Å². The highest BCUT2D eigenvalue weighted by Crippen LogP contribution is 2.23. The summed E-state index contributed by atoms with van der Waals surface area (Å²) in [7, 11) is 3.70. The Morgan fingerprint density at radius 1 is 1.50 bits per heavy atom. The van der Waals surface area contributed by atoms with Crippen LogP contribution in [-0.4, -0.2) is 38.3 Å². The Kier molecular flexibility index (Phi) is 4.80. The largest absolute Gasteiger partial charge is 0.381 e. The number of aromatic nitrogens is 1. The number of pyridine rings is 1. The summed E-state index contributed by atoms with van der Waals surface area (Å²) in [5, 5.41) is 3.84. The van der Waals surface area contributed by atoms with Crippen molar-refractivity contribution >= 4 is 17.4 Å². The van der Waals surface area contributed by atoms with E-state index in [0.717, 1.165) is 48.9 Å². The first kappa shape index (κ1) is 13.6. The van der Waals surface area contributed by atoms with E-state index in [-0.39, 0.29) is 0 Å². The normalized spacial score (nSPS) is 17.2. The Hall–Kier alpha value is -0.840. The first-order chi connectivity index (χ1) is 8.74. The SMILES string of the molecule is CNCc1cc(N2CCC(OC)CC2)ncc1Cl. The summed E-state index contributed by atoms with van der Waals surface area (Å²) in [6.45, 7) is 2.75. The van der Waals surface area contributed by atoms with Crippen molar-refractivity contribution in [1.29, 1.82) is 0 Å². The highest BCUT2D eigenvalue weighted by Gasteiger charge is 2.20. The number of piperidine rings is 1. The van der Waals surface area contributed by atoms with Gasteiger partial charge in [-0.1, -0.05) is 11.6 Å². The van der Waals surface area contributed by atoms with Crippen molar-refractivity contribution in [3.63, 3.8) is 0 Å². The Labute approximate surface area is 113 Å². The molecule has 5 heteroatoms. The number of rotatable bonds is 4. The molecule has 1 aromatic rings. The van der Waals surface area contributed by atoms with Gasteiger partial charge in [0.05, 0.1) is 11.1 Å². The van der Waals surface area contributed by atoms with Crippen molar-refractivity contribution in [3.05, 3.63) is 22.8 Å². The van der Waals surface area contributed by atoms with Gasteiger partial charge in [-0.05, 0) is 31.5 Å². The fourth-order valence-electron chi connectivity index (χ4n) is 2.29. The predicted molar refractivity (Wildman–Crippen MR) is 74.3 cm³/mol. The number of halogens is 1. The van der Waals surface area contributed by atoms with Crippen molar-refractivity contribution in [2.24, 2.45) is 0 Å². The van der Waals surface area contributed by atoms with Crippen LogP contribution < -0.4 is 10.2 Å². The Morgan fingerprint density at radius 3 is 2.83 bits per heavy atom. The molecular weight excluding hydrogens is 250 g/mol. The van der Waals surface area contributed by atoms with Crippen LogP contribution in [-0.2, 0) is 11.3 Å². The van der Waals surface area contributed by atoms with Crippen LogP contribution in [0.3, 0.4) is 0 Å². The summed E-state index contributed by atoms with van der Waals surface area (Å²) in [4.78, 5) is 6.72. The lowest BCUT2D eigenvalue weighted by Gasteiger charge is -2.32. The lowest BCUT2D eigenvalue weighted by atomic mass is 10.1. The van der Waals surface area contributed by atoms with E-state index in [2.05, 4.69) is 21.3 Å². The fourth-order valence-corrected chi connectivity index (χ4v) is 2.46. The molecule has 0 amide bonds. The average Bonchev–Trinajstić information content (AvgIpc) is 2.42. The maximum absolute atomic E-state index is 6.12. The minimum atomic E-state index is 0.394. The summed E-state index contributed by atoms with van der Waals surface area (Å²) in [5.41, 5.74) is 1.10. The molecule has 100 valence electrons. The molecule has 0 saturated carbocycles. The maximum Gasteiger partial charge on any atom is 0.128 e. The molecule has 0 bridgehead atoms. The zero-order valence-corrected chi connectivity index (χ0v) is 11.7. The molecule has 1 fully saturated rings. The molecule has 18 heavy (non-hydrogen) atoms. The number of anilines is 1. The van der Waals surface area contributed by atoms with Gasteiger partial charge in [0, 0.05) is 32.9 Å². The van der Waals surface area contributed by atoms with Crippen molar-refractivity contribution < 1.29 is 4.74 Å². The van der Waals surface area contributed by atoms with Crippen molar-refractivity contribution in [2.75, 3.05) is 32.1 Å². The molecule has 0 spiro atoms. The average molecular weight is 270 g/mol. The summed E-state index contributed by atoms with van der Waals surface area (Å²) in [6.07, 6.45) is 4.25. The van der Waals surface area contributed by atoms with E-state index in [1.54, 1.807) is 13.3 Å². The molecule has 2 rings (SSSR count). The van der Waals surface area contributed by atoms with E-state index in [9.17, 15) is 0 Å². The molecule has 1 aliphatic rings. The fraction of sp³-hybridized carbons (Fsp3) is 0.615. The van der Waals surface area contributed by atoms with Crippen LogP contribution in [0.25, 0.3) is 0 Å². The second kappa shape index (κ2) is 6.36. The maximum atomic E-state index is 6.12. The van der Waals surface area contributed by atoms with Gasteiger partial charge in [0.25, 0.3) is 0 Å². The minimum absolute atomic E-state index is 0.394. The zero-order valence-electron chi connectivity index (χ0n) is 10.9. The number of nitrogens with one attached hydrogen (secondary N) is 1. The molecule has 0 aromatic carbocycles. The molecule has 0 aliphatic carbocycles. The monoisotopic (exact) mass is 269 g/mol. The molecule has 1 N–H and O–H groups in total. The molecule has 1 aromatic heterocycles. The second-order valence-electron chi connectivity index (χ2n) is 4.59. The number of hydrogen-bond donors (Lipinski definition) is 1.